The van der Waals surface area contributed by atoms with Gasteiger partial charge in [0.05, 0.1) is 0 Å². The van der Waals surface area contributed by atoms with Crippen LogP contribution in [-0.4, -0.2) is 17.0 Å². The van der Waals surface area contributed by atoms with Crippen LogP contribution in [0.3, 0.4) is 0 Å². The molecule has 110 valence electrons. The predicted octanol–water partition coefficient (Wildman–Crippen LogP) is 2.64. The number of nitrogens with one attached hydrogen (secondary N) is 1. The Morgan fingerprint density at radius 2 is 2.14 bits per heavy atom. The number of fused-ring (bicyclic) bond motifs is 1. The molecule has 1 aromatic carbocycles. The van der Waals surface area contributed by atoms with Gasteiger partial charge in [-0.05, 0) is 30.9 Å². The lowest BCUT2D eigenvalue weighted by atomic mass is 10.1. The van der Waals surface area contributed by atoms with Gasteiger partial charge in [0.1, 0.15) is 5.69 Å². The van der Waals surface area contributed by atoms with Crippen molar-refractivity contribution in [1.82, 2.24) is 9.88 Å². The number of nitrogens with zero attached hydrogens (tertiary/aromatic N) is 1. The van der Waals surface area contributed by atoms with Gasteiger partial charge in [0.15, 0.2) is 0 Å². The van der Waals surface area contributed by atoms with E-state index in [0.29, 0.717) is 24.2 Å². The molecule has 0 aliphatic carbocycles. The van der Waals surface area contributed by atoms with E-state index >= 15 is 0 Å². The van der Waals surface area contributed by atoms with Crippen LogP contribution in [0.15, 0.2) is 41.7 Å². The molecule has 4 heteroatoms. The first kappa shape index (κ1) is 15.0. The van der Waals surface area contributed by atoms with Gasteiger partial charge in [0, 0.05) is 18.5 Å². The number of aromatic nitrogens is 1. The third-order valence-electron chi connectivity index (χ3n) is 3.35. The monoisotopic (exact) mass is 284 g/mol. The number of aryl methyl sites for hydroxylation is 1. The van der Waals surface area contributed by atoms with Gasteiger partial charge >= 0.3 is 0 Å². The Morgan fingerprint density at radius 3 is 2.81 bits per heavy atom. The smallest absolute Gasteiger partial charge is 0.268 e. The van der Waals surface area contributed by atoms with Gasteiger partial charge < -0.3 is 9.88 Å². The Kier molecular flexibility index (Phi) is 4.58. The average Bonchev–Trinajstić information content (AvgIpc) is 2.48. The van der Waals surface area contributed by atoms with Gasteiger partial charge in [-0.2, -0.15) is 0 Å². The van der Waals surface area contributed by atoms with Crippen molar-refractivity contribution in [3.63, 3.8) is 0 Å². The van der Waals surface area contributed by atoms with Gasteiger partial charge in [-0.1, -0.05) is 30.7 Å². The highest BCUT2D eigenvalue weighted by atomic mass is 16.2. The second kappa shape index (κ2) is 6.39. The first-order valence-electron chi connectivity index (χ1n) is 7.11. The fraction of sp³-hybridized carbons (Fsp3) is 0.294. The zero-order chi connectivity index (χ0) is 15.4. The zero-order valence-corrected chi connectivity index (χ0v) is 12.5. The number of pyridine rings is 1. The van der Waals surface area contributed by atoms with Crippen LogP contribution in [0.25, 0.3) is 10.8 Å². The summed E-state index contributed by atoms with van der Waals surface area (Å²) in [6.07, 6.45) is 2.41. The number of carbonyl (C=O) groups is 1. The molecule has 0 unspecified atom stereocenters. The summed E-state index contributed by atoms with van der Waals surface area (Å²) in [5.74, 6) is -0.247. The third kappa shape index (κ3) is 3.05. The molecule has 0 fully saturated rings. The van der Waals surface area contributed by atoms with Crippen molar-refractivity contribution < 1.29 is 4.79 Å². The highest BCUT2D eigenvalue weighted by molar-refractivity contribution is 5.96. The van der Waals surface area contributed by atoms with Crippen molar-refractivity contribution in [3.8, 4) is 0 Å². The van der Waals surface area contributed by atoms with Crippen molar-refractivity contribution in [2.24, 2.45) is 0 Å². The van der Waals surface area contributed by atoms with E-state index < -0.39 is 0 Å². The summed E-state index contributed by atoms with van der Waals surface area (Å²) in [7, 11) is 0. The van der Waals surface area contributed by atoms with Crippen LogP contribution in [-0.2, 0) is 6.54 Å². The topological polar surface area (TPSA) is 51.1 Å². The lowest BCUT2D eigenvalue weighted by Gasteiger charge is -2.13. The van der Waals surface area contributed by atoms with E-state index in [1.54, 1.807) is 16.7 Å². The van der Waals surface area contributed by atoms with Crippen LogP contribution < -0.4 is 10.9 Å². The molecule has 0 aliphatic rings. The largest absolute Gasteiger partial charge is 0.347 e. The molecule has 0 atom stereocenters. The Morgan fingerprint density at radius 1 is 1.38 bits per heavy atom. The van der Waals surface area contributed by atoms with Crippen LogP contribution in [0.4, 0.5) is 0 Å². The highest BCUT2D eigenvalue weighted by Gasteiger charge is 2.14. The molecule has 1 amide bonds. The lowest BCUT2D eigenvalue weighted by Crippen LogP contribution is -2.32. The van der Waals surface area contributed by atoms with Crippen molar-refractivity contribution in [1.29, 1.82) is 0 Å². The second-order valence-corrected chi connectivity index (χ2v) is 5.08. The molecule has 4 nitrogen and oxygen atoms in total. The molecule has 2 rings (SSSR count). The number of amides is 1. The molecule has 1 N–H and O–H groups in total. The van der Waals surface area contributed by atoms with Crippen LogP contribution in [0.1, 0.15) is 29.4 Å². The van der Waals surface area contributed by atoms with Crippen molar-refractivity contribution in [2.45, 2.75) is 26.8 Å². The van der Waals surface area contributed by atoms with Gasteiger partial charge in [-0.15, -0.1) is 6.58 Å². The van der Waals surface area contributed by atoms with Crippen LogP contribution in [0.2, 0.25) is 0 Å². The summed E-state index contributed by atoms with van der Waals surface area (Å²) < 4.78 is 1.56. The Balaban J connectivity index is 2.65. The fourth-order valence-corrected chi connectivity index (χ4v) is 2.35. The molecular formula is C17H20N2O2. The summed E-state index contributed by atoms with van der Waals surface area (Å²) in [4.78, 5) is 24.9. The van der Waals surface area contributed by atoms with Gasteiger partial charge in [0.2, 0.25) is 0 Å². The molecular weight excluding hydrogens is 264 g/mol. The molecule has 0 saturated carbocycles. The standard InChI is InChI=1S/C17H20N2O2/c1-4-8-18-16(20)15-11-13-7-6-12(3)10-14(13)17(21)19(15)9-5-2/h4,6-7,10-11H,1,5,8-9H2,2-3H3,(H,18,20). The highest BCUT2D eigenvalue weighted by Crippen LogP contribution is 2.15. The molecule has 0 radical (unpaired) electrons. The van der Waals surface area contributed by atoms with Crippen LogP contribution in [0.5, 0.6) is 0 Å². The minimum atomic E-state index is -0.247. The minimum absolute atomic E-state index is 0.109. The number of hydrogen-bond acceptors (Lipinski definition) is 2. The van der Waals surface area contributed by atoms with E-state index in [-0.39, 0.29) is 11.5 Å². The Labute approximate surface area is 124 Å². The average molecular weight is 284 g/mol. The maximum absolute atomic E-state index is 12.6. The Bertz CT molecular complexity index is 744. The maximum Gasteiger partial charge on any atom is 0.268 e. The van der Waals surface area contributed by atoms with Crippen molar-refractivity contribution >= 4 is 16.7 Å². The molecule has 1 heterocycles. The summed E-state index contributed by atoms with van der Waals surface area (Å²) in [6, 6.07) is 7.48. The van der Waals surface area contributed by atoms with E-state index in [9.17, 15) is 9.59 Å². The molecule has 0 spiro atoms. The second-order valence-electron chi connectivity index (χ2n) is 5.08. The van der Waals surface area contributed by atoms with Crippen LogP contribution in [0, 0.1) is 6.92 Å². The van der Waals surface area contributed by atoms with E-state index in [0.717, 1.165) is 17.4 Å². The summed E-state index contributed by atoms with van der Waals surface area (Å²) in [5.41, 5.74) is 1.33. The first-order chi connectivity index (χ1) is 10.1. The Hall–Kier alpha value is -2.36. The van der Waals surface area contributed by atoms with Crippen LogP contribution >= 0.6 is 0 Å². The molecule has 1 aromatic heterocycles. The number of hydrogen-bond donors (Lipinski definition) is 1. The van der Waals surface area contributed by atoms with E-state index in [4.69, 9.17) is 0 Å². The molecule has 0 aliphatic heterocycles. The number of rotatable bonds is 5. The number of carbonyl (C=O) groups excluding carboxylic acids is 1. The molecule has 0 saturated heterocycles. The summed E-state index contributed by atoms with van der Waals surface area (Å²) >= 11 is 0. The minimum Gasteiger partial charge on any atom is -0.347 e. The molecule has 2 aromatic rings. The normalized spacial score (nSPS) is 10.6. The van der Waals surface area contributed by atoms with Crippen molar-refractivity contribution in [2.75, 3.05) is 6.54 Å². The first-order valence-corrected chi connectivity index (χ1v) is 7.11. The maximum atomic E-state index is 12.6. The predicted molar refractivity (Wildman–Crippen MR) is 85.8 cm³/mol. The molecule has 21 heavy (non-hydrogen) atoms. The lowest BCUT2D eigenvalue weighted by molar-refractivity contribution is 0.0947. The molecule has 0 bridgehead atoms. The van der Waals surface area contributed by atoms with Gasteiger partial charge in [-0.3, -0.25) is 9.59 Å². The van der Waals surface area contributed by atoms with E-state index in [1.165, 1.54) is 0 Å². The SMILES string of the molecule is C=CCNC(=O)c1cc2ccc(C)cc2c(=O)n1CCC. The fourth-order valence-electron chi connectivity index (χ4n) is 2.35. The third-order valence-corrected chi connectivity index (χ3v) is 3.35. The quantitative estimate of drug-likeness (QED) is 0.858. The zero-order valence-electron chi connectivity index (χ0n) is 12.5. The van der Waals surface area contributed by atoms with Gasteiger partial charge in [0.25, 0.3) is 11.5 Å². The van der Waals surface area contributed by atoms with E-state index in [2.05, 4.69) is 11.9 Å². The van der Waals surface area contributed by atoms with Gasteiger partial charge in [-0.25, -0.2) is 0 Å². The summed E-state index contributed by atoms with van der Waals surface area (Å²) in [6.45, 7) is 8.42. The van der Waals surface area contributed by atoms with E-state index in [1.807, 2.05) is 32.0 Å². The summed E-state index contributed by atoms with van der Waals surface area (Å²) in [5, 5.41) is 4.18. The van der Waals surface area contributed by atoms with Crippen molar-refractivity contribution in [3.05, 3.63) is 58.5 Å². The number of benzene rings is 1.